The SMILES string of the molecule is Cc1cc(CC(=O)O)cc(Cl)c1Oc1cc(C(C)C)c(=O)[nH]n1. The molecule has 0 fully saturated rings. The van der Waals surface area contributed by atoms with Gasteiger partial charge in [0.05, 0.1) is 11.4 Å². The number of carboxylic acids is 1. The molecule has 23 heavy (non-hydrogen) atoms. The van der Waals surface area contributed by atoms with E-state index in [1.807, 2.05) is 13.8 Å². The normalized spacial score (nSPS) is 10.8. The number of H-pyrrole nitrogens is 1. The Morgan fingerprint density at radius 2 is 2.09 bits per heavy atom. The molecule has 122 valence electrons. The molecular formula is C16H17ClN2O4. The van der Waals surface area contributed by atoms with Crippen LogP contribution in [0.4, 0.5) is 0 Å². The van der Waals surface area contributed by atoms with Gasteiger partial charge in [0.2, 0.25) is 5.88 Å². The fraction of sp³-hybridized carbons (Fsp3) is 0.312. The van der Waals surface area contributed by atoms with Crippen LogP contribution in [0, 0.1) is 6.92 Å². The number of carbonyl (C=O) groups is 1. The quantitative estimate of drug-likeness (QED) is 0.874. The van der Waals surface area contributed by atoms with Gasteiger partial charge in [-0.05, 0) is 30.0 Å². The maximum atomic E-state index is 11.7. The smallest absolute Gasteiger partial charge is 0.307 e. The summed E-state index contributed by atoms with van der Waals surface area (Å²) in [7, 11) is 0. The lowest BCUT2D eigenvalue weighted by Gasteiger charge is -2.12. The van der Waals surface area contributed by atoms with Crippen LogP contribution in [0.3, 0.4) is 0 Å². The summed E-state index contributed by atoms with van der Waals surface area (Å²) < 4.78 is 5.69. The molecule has 6 nitrogen and oxygen atoms in total. The van der Waals surface area contributed by atoms with Gasteiger partial charge in [-0.3, -0.25) is 9.59 Å². The Labute approximate surface area is 138 Å². The Hall–Kier alpha value is -2.34. The van der Waals surface area contributed by atoms with Gasteiger partial charge in [-0.25, -0.2) is 5.10 Å². The van der Waals surface area contributed by atoms with Gasteiger partial charge in [0.15, 0.2) is 5.75 Å². The van der Waals surface area contributed by atoms with Crippen LogP contribution >= 0.6 is 11.6 Å². The summed E-state index contributed by atoms with van der Waals surface area (Å²) in [5.41, 5.74) is 1.58. The number of hydrogen-bond acceptors (Lipinski definition) is 4. The van der Waals surface area contributed by atoms with Crippen molar-refractivity contribution >= 4 is 17.6 Å². The predicted molar refractivity (Wildman–Crippen MR) is 86.5 cm³/mol. The number of nitrogens with zero attached hydrogens (tertiary/aromatic N) is 1. The Morgan fingerprint density at radius 3 is 2.65 bits per heavy atom. The van der Waals surface area contributed by atoms with Gasteiger partial charge < -0.3 is 9.84 Å². The van der Waals surface area contributed by atoms with Crippen molar-refractivity contribution in [3.05, 3.63) is 50.3 Å². The number of aliphatic carboxylic acids is 1. The lowest BCUT2D eigenvalue weighted by atomic mass is 10.1. The highest BCUT2D eigenvalue weighted by molar-refractivity contribution is 6.32. The molecule has 2 N–H and O–H groups in total. The average Bonchev–Trinajstić information content (AvgIpc) is 2.43. The minimum atomic E-state index is -0.932. The molecule has 0 bridgehead atoms. The molecule has 2 rings (SSSR count). The van der Waals surface area contributed by atoms with E-state index in [-0.39, 0.29) is 23.8 Å². The second-order valence-corrected chi connectivity index (χ2v) is 5.95. The summed E-state index contributed by atoms with van der Waals surface area (Å²) in [5.74, 6) is -0.295. The van der Waals surface area contributed by atoms with Gasteiger partial charge in [-0.1, -0.05) is 31.5 Å². The first kappa shape index (κ1) is 17.0. The molecule has 2 aromatic rings. The van der Waals surface area contributed by atoms with Gasteiger partial charge in [0, 0.05) is 11.6 Å². The van der Waals surface area contributed by atoms with Crippen molar-refractivity contribution in [3.8, 4) is 11.6 Å². The molecule has 0 aliphatic carbocycles. The van der Waals surface area contributed by atoms with Gasteiger partial charge >= 0.3 is 5.97 Å². The van der Waals surface area contributed by atoms with Crippen LogP contribution in [-0.4, -0.2) is 21.3 Å². The van der Waals surface area contributed by atoms with Crippen molar-refractivity contribution in [2.24, 2.45) is 0 Å². The molecule has 0 aliphatic rings. The largest absolute Gasteiger partial charge is 0.481 e. The van der Waals surface area contributed by atoms with Gasteiger partial charge in [0.1, 0.15) is 0 Å². The minimum absolute atomic E-state index is 0.0265. The third kappa shape index (κ3) is 4.10. The zero-order chi connectivity index (χ0) is 17.1. The van der Waals surface area contributed by atoms with Crippen LogP contribution in [0.5, 0.6) is 11.6 Å². The number of ether oxygens (including phenoxy) is 1. The summed E-state index contributed by atoms with van der Waals surface area (Å²) in [6.07, 6.45) is -0.116. The van der Waals surface area contributed by atoms with E-state index in [1.54, 1.807) is 25.1 Å². The fourth-order valence-electron chi connectivity index (χ4n) is 2.19. The van der Waals surface area contributed by atoms with Crippen molar-refractivity contribution in [2.45, 2.75) is 33.1 Å². The standard InChI is InChI=1S/C16H17ClN2O4/c1-8(2)11-7-13(18-19-16(11)22)23-15-9(3)4-10(5-12(15)17)6-14(20)21/h4-5,7-8H,6H2,1-3H3,(H,19,22)(H,20,21). The molecule has 0 atom stereocenters. The summed E-state index contributed by atoms with van der Waals surface area (Å²) in [4.78, 5) is 22.5. The van der Waals surface area contributed by atoms with Crippen molar-refractivity contribution in [1.82, 2.24) is 10.2 Å². The van der Waals surface area contributed by atoms with Crippen LogP contribution in [0.15, 0.2) is 23.0 Å². The molecule has 0 aliphatic heterocycles. The number of aromatic nitrogens is 2. The highest BCUT2D eigenvalue weighted by Crippen LogP contribution is 2.33. The molecule has 0 saturated heterocycles. The Kier molecular flexibility index (Phi) is 5.05. The second-order valence-electron chi connectivity index (χ2n) is 5.54. The van der Waals surface area contributed by atoms with E-state index in [0.717, 1.165) is 0 Å². The fourth-order valence-corrected chi connectivity index (χ4v) is 2.52. The Bertz CT molecular complexity index is 776. The number of halogens is 1. The molecule has 0 amide bonds. The first-order valence-electron chi connectivity index (χ1n) is 7.06. The van der Waals surface area contributed by atoms with Gasteiger partial charge in [0.25, 0.3) is 5.56 Å². The monoisotopic (exact) mass is 336 g/mol. The maximum Gasteiger partial charge on any atom is 0.307 e. The zero-order valence-electron chi connectivity index (χ0n) is 13.0. The average molecular weight is 337 g/mol. The van der Waals surface area contributed by atoms with E-state index >= 15 is 0 Å². The molecule has 0 unspecified atom stereocenters. The number of benzene rings is 1. The molecule has 0 saturated carbocycles. The molecule has 7 heteroatoms. The highest BCUT2D eigenvalue weighted by atomic mass is 35.5. The third-order valence-electron chi connectivity index (χ3n) is 3.28. The lowest BCUT2D eigenvalue weighted by molar-refractivity contribution is -0.136. The first-order chi connectivity index (χ1) is 10.8. The number of aryl methyl sites for hydroxylation is 1. The molecular weight excluding hydrogens is 320 g/mol. The number of carboxylic acid groups (broad SMARTS) is 1. The van der Waals surface area contributed by atoms with E-state index in [4.69, 9.17) is 21.4 Å². The van der Waals surface area contributed by atoms with Crippen molar-refractivity contribution in [1.29, 1.82) is 0 Å². The Morgan fingerprint density at radius 1 is 1.39 bits per heavy atom. The van der Waals surface area contributed by atoms with Gasteiger partial charge in [-0.2, -0.15) is 0 Å². The molecule has 1 heterocycles. The number of nitrogens with one attached hydrogen (secondary N) is 1. The lowest BCUT2D eigenvalue weighted by Crippen LogP contribution is -2.15. The van der Waals surface area contributed by atoms with Crippen molar-refractivity contribution in [2.75, 3.05) is 0 Å². The van der Waals surface area contributed by atoms with Crippen LogP contribution in [-0.2, 0) is 11.2 Å². The van der Waals surface area contributed by atoms with Gasteiger partial charge in [-0.15, -0.1) is 5.10 Å². The first-order valence-corrected chi connectivity index (χ1v) is 7.44. The van der Waals surface area contributed by atoms with Crippen LogP contribution < -0.4 is 10.3 Å². The summed E-state index contributed by atoms with van der Waals surface area (Å²) in [5, 5.41) is 15.4. The van der Waals surface area contributed by atoms with Crippen LogP contribution in [0.2, 0.25) is 5.02 Å². The number of rotatable bonds is 5. The van der Waals surface area contributed by atoms with E-state index in [0.29, 0.717) is 27.5 Å². The third-order valence-corrected chi connectivity index (χ3v) is 3.56. The van der Waals surface area contributed by atoms with E-state index in [1.165, 1.54) is 0 Å². The number of hydrogen-bond donors (Lipinski definition) is 2. The van der Waals surface area contributed by atoms with Crippen molar-refractivity contribution < 1.29 is 14.6 Å². The van der Waals surface area contributed by atoms with E-state index in [9.17, 15) is 9.59 Å². The molecule has 0 spiro atoms. The highest BCUT2D eigenvalue weighted by Gasteiger charge is 2.14. The van der Waals surface area contributed by atoms with Crippen LogP contribution in [0.1, 0.15) is 36.5 Å². The molecule has 0 radical (unpaired) electrons. The van der Waals surface area contributed by atoms with Crippen LogP contribution in [0.25, 0.3) is 0 Å². The summed E-state index contributed by atoms with van der Waals surface area (Å²) >= 11 is 6.18. The molecule has 1 aromatic carbocycles. The number of aromatic amines is 1. The van der Waals surface area contributed by atoms with E-state index in [2.05, 4.69) is 10.2 Å². The maximum absolute atomic E-state index is 11.7. The topological polar surface area (TPSA) is 92.3 Å². The Balaban J connectivity index is 2.35. The zero-order valence-corrected chi connectivity index (χ0v) is 13.8. The second kappa shape index (κ2) is 6.83. The predicted octanol–water partition coefficient (Wildman–Crippen LogP) is 3.27. The van der Waals surface area contributed by atoms with E-state index < -0.39 is 5.97 Å². The summed E-state index contributed by atoms with van der Waals surface area (Å²) in [6.45, 7) is 5.56. The van der Waals surface area contributed by atoms with Crippen molar-refractivity contribution in [3.63, 3.8) is 0 Å². The summed E-state index contributed by atoms with van der Waals surface area (Å²) in [6, 6.07) is 4.82. The minimum Gasteiger partial charge on any atom is -0.481 e. The molecule has 1 aromatic heterocycles.